The number of hydrogen-bond acceptors (Lipinski definition) is 0. The Morgan fingerprint density at radius 2 is 1.42 bits per heavy atom. The van der Waals surface area contributed by atoms with Gasteiger partial charge >= 0.3 is 37.9 Å². The van der Waals surface area contributed by atoms with Crippen LogP contribution in [-0.2, 0) is 31.7 Å². The minimum atomic E-state index is -0.826. The molecule has 3 rings (SSSR count). The van der Waals surface area contributed by atoms with Crippen molar-refractivity contribution < 1.29 is 20.8 Å². The normalized spacial score (nSPS) is 12.8. The van der Waals surface area contributed by atoms with Crippen molar-refractivity contribution >= 4 is 17.0 Å². The van der Waals surface area contributed by atoms with Crippen molar-refractivity contribution in [2.45, 2.75) is 52.4 Å². The van der Waals surface area contributed by atoms with Gasteiger partial charge in [0.2, 0.25) is 0 Å². The summed E-state index contributed by atoms with van der Waals surface area (Å²) in [5, 5.41) is 0. The molecule has 0 nitrogen and oxygen atoms in total. The van der Waals surface area contributed by atoms with Gasteiger partial charge in [-0.05, 0) is 44.2 Å². The Balaban J connectivity index is 0.000000647. The van der Waals surface area contributed by atoms with E-state index in [0.717, 1.165) is 0 Å². The molecule has 3 heteroatoms. The van der Waals surface area contributed by atoms with Gasteiger partial charge in [-0.1, -0.05) is 77.9 Å². The molecule has 2 aromatic rings. The van der Waals surface area contributed by atoms with E-state index in [1.54, 1.807) is 0 Å². The van der Waals surface area contributed by atoms with Gasteiger partial charge < -0.3 is 0 Å². The third-order valence-electron chi connectivity index (χ3n) is 4.42. The molecule has 0 aromatic heterocycles. The van der Waals surface area contributed by atoms with Crippen molar-refractivity contribution in [2.24, 2.45) is 0 Å². The fraction of sp³-hybridized carbons (Fsp3) is 0.381. The fourth-order valence-electron chi connectivity index (χ4n) is 3.15. The molecule has 0 amide bonds. The zero-order valence-electron chi connectivity index (χ0n) is 15.3. The van der Waals surface area contributed by atoms with Crippen molar-refractivity contribution in [1.82, 2.24) is 0 Å². The molecule has 2 aromatic carbocycles. The Kier molecular flexibility index (Phi) is 6.44. The van der Waals surface area contributed by atoms with Gasteiger partial charge in [0.15, 0.2) is 0 Å². The molecule has 24 heavy (non-hydrogen) atoms. The van der Waals surface area contributed by atoms with E-state index in [4.69, 9.17) is 17.0 Å². The Bertz CT molecular complexity index is 722. The van der Waals surface area contributed by atoms with Gasteiger partial charge in [0, 0.05) is 6.42 Å². The molecule has 0 aliphatic heterocycles. The first-order chi connectivity index (χ1) is 11.1. The van der Waals surface area contributed by atoms with Crippen LogP contribution in [0.5, 0.6) is 0 Å². The van der Waals surface area contributed by atoms with Gasteiger partial charge in [0.25, 0.3) is 0 Å². The fourth-order valence-corrected chi connectivity index (χ4v) is 3.15. The van der Waals surface area contributed by atoms with Gasteiger partial charge in [-0.15, -0.1) is 0 Å². The van der Waals surface area contributed by atoms with Crippen LogP contribution < -0.4 is 0 Å². The van der Waals surface area contributed by atoms with Crippen LogP contribution in [-0.4, -0.2) is 0 Å². The van der Waals surface area contributed by atoms with Gasteiger partial charge in [0.1, 0.15) is 0 Å². The van der Waals surface area contributed by atoms with Crippen molar-refractivity contribution in [2.75, 3.05) is 0 Å². The number of halogens is 2. The minimum absolute atomic E-state index is 0.177. The zero-order valence-corrected chi connectivity index (χ0v) is 19.3. The van der Waals surface area contributed by atoms with Crippen LogP contribution >= 0.6 is 17.0 Å². The molecule has 1 radical (unpaired) electrons. The molecule has 0 fully saturated rings. The van der Waals surface area contributed by atoms with Crippen LogP contribution in [0.3, 0.4) is 0 Å². The van der Waals surface area contributed by atoms with Gasteiger partial charge in [-0.3, -0.25) is 0 Å². The quantitative estimate of drug-likeness (QED) is 0.346. The summed E-state index contributed by atoms with van der Waals surface area (Å²) in [5.41, 5.74) is 8.76. The van der Waals surface area contributed by atoms with Crippen molar-refractivity contribution in [3.8, 4) is 11.1 Å². The molecule has 1 aliphatic rings. The summed E-state index contributed by atoms with van der Waals surface area (Å²) >= 11 is -0.826. The second-order valence-corrected chi connectivity index (χ2v) is 12.0. The second kappa shape index (κ2) is 7.65. The molecule has 1 aliphatic carbocycles. The van der Waals surface area contributed by atoms with E-state index < -0.39 is 20.8 Å². The van der Waals surface area contributed by atoms with E-state index in [9.17, 15) is 0 Å². The molecule has 0 saturated carbocycles. The van der Waals surface area contributed by atoms with Crippen LogP contribution in [0.4, 0.5) is 0 Å². The van der Waals surface area contributed by atoms with Gasteiger partial charge in [-0.25, -0.2) is 0 Å². The van der Waals surface area contributed by atoms with Crippen molar-refractivity contribution in [3.63, 3.8) is 0 Å². The Hall–Kier alpha value is -0.0969. The van der Waals surface area contributed by atoms with Crippen LogP contribution in [0.25, 0.3) is 11.1 Å². The number of rotatable bonds is 0. The molecule has 0 atom stereocenters. The van der Waals surface area contributed by atoms with Crippen LogP contribution in [0.1, 0.15) is 63.8 Å². The monoisotopic (exact) mass is 437 g/mol. The standard InChI is InChI=1S/C21H25.2ClH.Zr/c1-20(2,3)15-11-10-14-12-18-16(17(14)13-15)8-7-9-19(18)21(4,5)6;;;/h7-13H,1-6H3;2*1H;/q;;;+2/p-2. The topological polar surface area (TPSA) is 0 Å². The molecule has 0 saturated heterocycles. The molecule has 0 spiro atoms. The van der Waals surface area contributed by atoms with E-state index >= 15 is 0 Å². The first-order valence-corrected chi connectivity index (χ1v) is 14.5. The molecule has 0 N–H and O–H groups in total. The summed E-state index contributed by atoms with van der Waals surface area (Å²) in [6.45, 7) is 13.7. The summed E-state index contributed by atoms with van der Waals surface area (Å²) in [4.78, 5) is 0. The Morgan fingerprint density at radius 1 is 0.792 bits per heavy atom. The van der Waals surface area contributed by atoms with Crippen LogP contribution in [0, 0.1) is 6.42 Å². The summed E-state index contributed by atoms with van der Waals surface area (Å²) < 4.78 is 0. The van der Waals surface area contributed by atoms with E-state index in [-0.39, 0.29) is 10.8 Å². The average molecular weight is 440 g/mol. The van der Waals surface area contributed by atoms with E-state index in [1.807, 2.05) is 0 Å². The average Bonchev–Trinajstić information content (AvgIpc) is 2.83. The molecule has 127 valence electrons. The number of fused-ring (bicyclic) bond motifs is 3. The number of hydrogen-bond donors (Lipinski definition) is 0. The van der Waals surface area contributed by atoms with E-state index in [0.29, 0.717) is 0 Å². The van der Waals surface area contributed by atoms with Gasteiger partial charge in [-0.2, -0.15) is 0 Å². The van der Waals surface area contributed by atoms with Crippen molar-refractivity contribution in [3.05, 3.63) is 65.1 Å². The zero-order chi connectivity index (χ0) is 18.1. The molecule has 0 bridgehead atoms. The predicted octanol–water partition coefficient (Wildman–Crippen LogP) is 7.24. The predicted molar refractivity (Wildman–Crippen MR) is 103 cm³/mol. The maximum absolute atomic E-state index is 4.93. The van der Waals surface area contributed by atoms with E-state index in [2.05, 4.69) is 84.4 Å². The summed E-state index contributed by atoms with van der Waals surface area (Å²) in [5.74, 6) is 0. The molecule has 0 heterocycles. The molecular formula is C21H25Cl2Zr. The van der Waals surface area contributed by atoms with Crippen molar-refractivity contribution in [1.29, 1.82) is 0 Å². The molecular weight excluding hydrogens is 414 g/mol. The summed E-state index contributed by atoms with van der Waals surface area (Å²) in [7, 11) is 9.87. The summed E-state index contributed by atoms with van der Waals surface area (Å²) in [6, 6.07) is 13.7. The van der Waals surface area contributed by atoms with Gasteiger partial charge in [0.05, 0.1) is 0 Å². The molecule has 0 unspecified atom stereocenters. The maximum atomic E-state index is 4.93. The third kappa shape index (κ3) is 4.35. The van der Waals surface area contributed by atoms with E-state index in [1.165, 1.54) is 33.4 Å². The summed E-state index contributed by atoms with van der Waals surface area (Å²) in [6.07, 6.45) is 2.36. The Morgan fingerprint density at radius 3 is 1.96 bits per heavy atom. The SMILES string of the molecule is CC(C)(C)c1ccc2c(c1)-c1cccc(C(C)(C)C)c1[CH]2.[Cl][Zr][Cl]. The third-order valence-corrected chi connectivity index (χ3v) is 4.42. The second-order valence-electron chi connectivity index (χ2n) is 8.28. The first-order valence-electron chi connectivity index (χ1n) is 8.19. The first kappa shape index (κ1) is 20.2. The van der Waals surface area contributed by atoms with Crippen LogP contribution in [0.15, 0.2) is 36.4 Å². The van der Waals surface area contributed by atoms with Crippen LogP contribution in [0.2, 0.25) is 0 Å². The Labute approximate surface area is 165 Å². The number of benzene rings is 2.